The molecule has 1 heteroatoms. The van der Waals surface area contributed by atoms with E-state index in [-0.39, 0.29) is 6.10 Å². The van der Waals surface area contributed by atoms with Gasteiger partial charge >= 0.3 is 0 Å². The highest BCUT2D eigenvalue weighted by Crippen LogP contribution is 2.60. The average Bonchev–Trinajstić information content (AvgIpc) is 3.06. The first-order valence-electron chi connectivity index (χ1n) is 13.0. The molecule has 3 aliphatic rings. The SMILES string of the molecule is C=C1CC[C@H](O)CC1=CC=C1CCC[C@]2(C)[C@@H]([C@H](C)CC[C@@H](CC)C(C)C)CC[C@@H]12. The second-order valence-corrected chi connectivity index (χ2v) is 11.5. The Morgan fingerprint density at radius 2 is 1.87 bits per heavy atom. The van der Waals surface area contributed by atoms with Gasteiger partial charge in [-0.25, -0.2) is 0 Å². The molecule has 1 nitrogen and oxygen atoms in total. The molecule has 0 aliphatic heterocycles. The first kappa shape index (κ1) is 23.8. The summed E-state index contributed by atoms with van der Waals surface area (Å²) in [4.78, 5) is 0. The van der Waals surface area contributed by atoms with E-state index in [4.69, 9.17) is 0 Å². The fourth-order valence-electron chi connectivity index (χ4n) is 7.30. The summed E-state index contributed by atoms with van der Waals surface area (Å²) in [6.45, 7) is 16.6. The summed E-state index contributed by atoms with van der Waals surface area (Å²) in [7, 11) is 0. The summed E-state index contributed by atoms with van der Waals surface area (Å²) in [6, 6.07) is 0. The van der Waals surface area contributed by atoms with Crippen molar-refractivity contribution in [2.75, 3.05) is 0 Å². The lowest BCUT2D eigenvalue weighted by molar-refractivity contribution is 0.0900. The molecule has 3 fully saturated rings. The van der Waals surface area contributed by atoms with Crippen molar-refractivity contribution in [3.63, 3.8) is 0 Å². The highest BCUT2D eigenvalue weighted by molar-refractivity contribution is 5.36. The van der Waals surface area contributed by atoms with Crippen molar-refractivity contribution in [2.24, 2.45) is 35.0 Å². The predicted molar refractivity (Wildman–Crippen MR) is 130 cm³/mol. The highest BCUT2D eigenvalue weighted by Gasteiger charge is 2.50. The highest BCUT2D eigenvalue weighted by atomic mass is 16.3. The lowest BCUT2D eigenvalue weighted by atomic mass is 9.60. The van der Waals surface area contributed by atoms with Crippen molar-refractivity contribution in [3.8, 4) is 0 Å². The van der Waals surface area contributed by atoms with E-state index in [2.05, 4.69) is 53.3 Å². The van der Waals surface area contributed by atoms with Gasteiger partial charge < -0.3 is 5.11 Å². The van der Waals surface area contributed by atoms with Crippen LogP contribution < -0.4 is 0 Å². The van der Waals surface area contributed by atoms with E-state index >= 15 is 0 Å². The van der Waals surface area contributed by atoms with Crippen LogP contribution in [0.2, 0.25) is 0 Å². The summed E-state index contributed by atoms with van der Waals surface area (Å²) >= 11 is 0. The molecule has 0 heterocycles. The Morgan fingerprint density at radius 1 is 1.10 bits per heavy atom. The van der Waals surface area contributed by atoms with Crippen molar-refractivity contribution < 1.29 is 5.11 Å². The molecule has 3 aliphatic carbocycles. The van der Waals surface area contributed by atoms with E-state index in [1.54, 1.807) is 5.57 Å². The Labute approximate surface area is 187 Å². The number of hydrogen-bond acceptors (Lipinski definition) is 1. The Hall–Kier alpha value is -0.820. The first-order chi connectivity index (χ1) is 14.3. The smallest absolute Gasteiger partial charge is 0.0583 e. The normalized spacial score (nSPS) is 37.0. The van der Waals surface area contributed by atoms with Crippen LogP contribution in [-0.4, -0.2) is 11.2 Å². The number of aliphatic hydroxyl groups is 1. The van der Waals surface area contributed by atoms with Crippen LogP contribution in [0.25, 0.3) is 0 Å². The topological polar surface area (TPSA) is 20.2 Å². The number of fused-ring (bicyclic) bond motifs is 1. The summed E-state index contributed by atoms with van der Waals surface area (Å²) in [5, 5.41) is 10.1. The molecule has 30 heavy (non-hydrogen) atoms. The molecule has 3 rings (SSSR count). The van der Waals surface area contributed by atoms with Gasteiger partial charge in [0.25, 0.3) is 0 Å². The summed E-state index contributed by atoms with van der Waals surface area (Å²) in [5.74, 6) is 4.21. The maximum Gasteiger partial charge on any atom is 0.0583 e. The summed E-state index contributed by atoms with van der Waals surface area (Å²) in [5.41, 5.74) is 4.71. The van der Waals surface area contributed by atoms with E-state index in [0.29, 0.717) is 5.41 Å². The van der Waals surface area contributed by atoms with Crippen LogP contribution >= 0.6 is 0 Å². The number of rotatable bonds is 7. The quantitative estimate of drug-likeness (QED) is 0.446. The van der Waals surface area contributed by atoms with E-state index in [1.807, 2.05) is 0 Å². The van der Waals surface area contributed by atoms with Gasteiger partial charge in [-0.2, -0.15) is 0 Å². The van der Waals surface area contributed by atoms with Gasteiger partial charge in [0, 0.05) is 0 Å². The van der Waals surface area contributed by atoms with E-state index in [9.17, 15) is 5.11 Å². The molecule has 1 N–H and O–H groups in total. The molecule has 0 aromatic rings. The Kier molecular flexibility index (Phi) is 8.10. The van der Waals surface area contributed by atoms with Gasteiger partial charge in [-0.05, 0) is 98.4 Å². The fourth-order valence-corrected chi connectivity index (χ4v) is 7.30. The van der Waals surface area contributed by atoms with Crippen molar-refractivity contribution >= 4 is 0 Å². The zero-order valence-corrected chi connectivity index (χ0v) is 20.6. The van der Waals surface area contributed by atoms with E-state index < -0.39 is 0 Å². The Balaban J connectivity index is 1.69. The third kappa shape index (κ3) is 5.14. The maximum atomic E-state index is 10.1. The number of allylic oxidation sites excluding steroid dienone is 4. The third-order valence-electron chi connectivity index (χ3n) is 9.37. The predicted octanol–water partition coefficient (Wildman–Crippen LogP) is 8.26. The van der Waals surface area contributed by atoms with Gasteiger partial charge in [0.15, 0.2) is 0 Å². The molecule has 0 spiro atoms. The summed E-state index contributed by atoms with van der Waals surface area (Å²) in [6.07, 6.45) is 18.2. The first-order valence-corrected chi connectivity index (χ1v) is 13.0. The molecule has 0 aromatic carbocycles. The molecule has 170 valence electrons. The maximum absolute atomic E-state index is 10.1. The second kappa shape index (κ2) is 10.2. The van der Waals surface area contributed by atoms with Gasteiger partial charge in [0.2, 0.25) is 0 Å². The van der Waals surface area contributed by atoms with Crippen LogP contribution in [0.4, 0.5) is 0 Å². The van der Waals surface area contributed by atoms with Crippen molar-refractivity contribution in [2.45, 2.75) is 111 Å². The van der Waals surface area contributed by atoms with Gasteiger partial charge in [0.05, 0.1) is 6.10 Å². The molecule has 0 amide bonds. The Bertz CT molecular complexity index is 653. The average molecular weight is 413 g/mol. The lowest BCUT2D eigenvalue weighted by Crippen LogP contribution is -2.36. The number of aliphatic hydroxyl groups excluding tert-OH is 1. The minimum atomic E-state index is -0.175. The van der Waals surface area contributed by atoms with Crippen LogP contribution in [0.1, 0.15) is 105 Å². The Morgan fingerprint density at radius 3 is 2.57 bits per heavy atom. The van der Waals surface area contributed by atoms with E-state index in [1.165, 1.54) is 62.5 Å². The van der Waals surface area contributed by atoms with Crippen LogP contribution in [0.3, 0.4) is 0 Å². The molecule has 0 saturated heterocycles. The third-order valence-corrected chi connectivity index (χ3v) is 9.37. The van der Waals surface area contributed by atoms with Crippen molar-refractivity contribution in [3.05, 3.63) is 35.5 Å². The van der Waals surface area contributed by atoms with E-state index in [0.717, 1.165) is 48.9 Å². The molecule has 0 bridgehead atoms. The largest absolute Gasteiger partial charge is 0.393 e. The molecular weight excluding hydrogens is 364 g/mol. The molecule has 0 aromatic heterocycles. The number of hydrogen-bond donors (Lipinski definition) is 1. The minimum absolute atomic E-state index is 0.175. The van der Waals surface area contributed by atoms with Gasteiger partial charge in [0.1, 0.15) is 0 Å². The summed E-state index contributed by atoms with van der Waals surface area (Å²) < 4.78 is 0. The van der Waals surface area contributed by atoms with Crippen LogP contribution in [0, 0.1) is 35.0 Å². The van der Waals surface area contributed by atoms with Crippen LogP contribution in [0.5, 0.6) is 0 Å². The van der Waals surface area contributed by atoms with Crippen molar-refractivity contribution in [1.82, 2.24) is 0 Å². The van der Waals surface area contributed by atoms with Gasteiger partial charge in [-0.15, -0.1) is 0 Å². The zero-order valence-electron chi connectivity index (χ0n) is 20.6. The molecule has 0 unspecified atom stereocenters. The lowest BCUT2D eigenvalue weighted by Gasteiger charge is -2.44. The van der Waals surface area contributed by atoms with Crippen molar-refractivity contribution in [1.29, 1.82) is 0 Å². The zero-order chi connectivity index (χ0) is 21.9. The molecular formula is C29H48O. The van der Waals surface area contributed by atoms with Crippen LogP contribution in [-0.2, 0) is 0 Å². The van der Waals surface area contributed by atoms with Gasteiger partial charge in [-0.3, -0.25) is 0 Å². The van der Waals surface area contributed by atoms with Crippen LogP contribution in [0.15, 0.2) is 35.5 Å². The standard InChI is InChI=1S/C29H48O/c1-7-23(20(2)3)12-10-22(5)27-16-17-28-24(9-8-18-29(27,28)6)13-14-25-19-26(30)15-11-21(25)4/h13-14,20,22-23,26-28,30H,4,7-12,15-19H2,1-3,5-6H3/t22-,23-,26+,27-,28+,29-/m1/s1. The molecule has 3 saturated carbocycles. The molecule has 6 atom stereocenters. The fraction of sp³-hybridized carbons (Fsp3) is 0.793. The minimum Gasteiger partial charge on any atom is -0.393 e. The molecule has 0 radical (unpaired) electrons. The monoisotopic (exact) mass is 412 g/mol. The van der Waals surface area contributed by atoms with Gasteiger partial charge in [-0.1, -0.05) is 77.3 Å². The second-order valence-electron chi connectivity index (χ2n) is 11.5.